The summed E-state index contributed by atoms with van der Waals surface area (Å²) in [6, 6.07) is 18.5. The Balaban J connectivity index is 1.60. The van der Waals surface area contributed by atoms with Gasteiger partial charge in [0.2, 0.25) is 0 Å². The number of halogens is 2. The monoisotopic (exact) mass is 440 g/mol. The Morgan fingerprint density at radius 2 is 1.77 bits per heavy atom. The lowest BCUT2D eigenvalue weighted by Crippen LogP contribution is -2.05. The van der Waals surface area contributed by atoms with Crippen molar-refractivity contribution in [3.8, 4) is 5.75 Å². The van der Waals surface area contributed by atoms with Gasteiger partial charge in [-0.25, -0.2) is 0 Å². The third-order valence-corrected chi connectivity index (χ3v) is 5.26. The molecule has 0 radical (unpaired) electrons. The minimum absolute atomic E-state index is 0.0460. The third kappa shape index (κ3) is 4.58. The molecule has 7 heteroatoms. The molecule has 1 heterocycles. The van der Waals surface area contributed by atoms with Gasteiger partial charge in [-0.15, -0.1) is 0 Å². The van der Waals surface area contributed by atoms with Crippen LogP contribution in [0.25, 0.3) is 10.9 Å². The summed E-state index contributed by atoms with van der Waals surface area (Å²) in [7, 11) is 0. The molecule has 0 amide bonds. The van der Waals surface area contributed by atoms with Crippen molar-refractivity contribution in [2.45, 2.75) is 19.6 Å². The quantitative estimate of drug-likeness (QED) is 0.406. The van der Waals surface area contributed by atoms with Crippen LogP contribution in [0.3, 0.4) is 0 Å². The van der Waals surface area contributed by atoms with Gasteiger partial charge in [-0.2, -0.15) is 5.10 Å². The highest BCUT2D eigenvalue weighted by Gasteiger charge is 2.12. The van der Waals surface area contributed by atoms with E-state index in [4.69, 9.17) is 33.0 Å². The predicted molar refractivity (Wildman–Crippen MR) is 117 cm³/mol. The number of hydrogen-bond acceptors (Lipinski definition) is 3. The van der Waals surface area contributed by atoms with Crippen LogP contribution in [0.2, 0.25) is 10.0 Å². The highest BCUT2D eigenvalue weighted by molar-refractivity contribution is 6.30. The summed E-state index contributed by atoms with van der Waals surface area (Å²) in [4.78, 5) is 11.1. The second-order valence-corrected chi connectivity index (χ2v) is 7.76. The van der Waals surface area contributed by atoms with E-state index in [0.29, 0.717) is 28.9 Å². The van der Waals surface area contributed by atoms with Gasteiger partial charge in [-0.3, -0.25) is 9.48 Å². The molecule has 0 aliphatic heterocycles. The smallest absolute Gasteiger partial charge is 0.307 e. The summed E-state index contributed by atoms with van der Waals surface area (Å²) in [6.07, 6.45) is 1.65. The summed E-state index contributed by atoms with van der Waals surface area (Å²) in [5.74, 6) is -0.164. The predicted octanol–water partition coefficient (Wildman–Crippen LogP) is 5.60. The van der Waals surface area contributed by atoms with Gasteiger partial charge in [0.1, 0.15) is 12.4 Å². The number of carboxylic acid groups (broad SMARTS) is 1. The number of ether oxygens (including phenoxy) is 1. The Bertz CT molecular complexity index is 1200. The standard InChI is InChI=1S/C23H18Cl2N2O3/c24-18-6-4-15(5-7-18)14-30-22-9-8-19(25)10-17(22)13-27-21-3-1-2-16(11-23(28)29)20(21)12-26-27/h1-10,12H,11,13-14H2,(H,28,29). The van der Waals surface area contributed by atoms with Crippen molar-refractivity contribution >= 4 is 40.1 Å². The molecular weight excluding hydrogens is 423 g/mol. The molecule has 0 fully saturated rings. The lowest BCUT2D eigenvalue weighted by molar-refractivity contribution is -0.136. The lowest BCUT2D eigenvalue weighted by atomic mass is 10.1. The lowest BCUT2D eigenvalue weighted by Gasteiger charge is -2.13. The minimum atomic E-state index is -0.872. The van der Waals surface area contributed by atoms with E-state index >= 15 is 0 Å². The maximum atomic E-state index is 11.1. The van der Waals surface area contributed by atoms with Crippen molar-refractivity contribution in [3.63, 3.8) is 0 Å². The van der Waals surface area contributed by atoms with Crippen LogP contribution in [-0.4, -0.2) is 20.9 Å². The van der Waals surface area contributed by atoms with E-state index in [1.165, 1.54) is 0 Å². The Labute approximate surface area is 183 Å². The van der Waals surface area contributed by atoms with Crippen LogP contribution in [0, 0.1) is 0 Å². The molecule has 3 aromatic carbocycles. The fourth-order valence-corrected chi connectivity index (χ4v) is 3.64. The van der Waals surface area contributed by atoms with Gasteiger partial charge < -0.3 is 9.84 Å². The Morgan fingerprint density at radius 1 is 1.00 bits per heavy atom. The van der Waals surface area contributed by atoms with Gasteiger partial charge in [0, 0.05) is 21.0 Å². The fourth-order valence-electron chi connectivity index (χ4n) is 3.32. The number of aromatic nitrogens is 2. The number of carboxylic acids is 1. The molecule has 0 spiro atoms. The van der Waals surface area contributed by atoms with Crippen molar-refractivity contribution in [1.29, 1.82) is 0 Å². The van der Waals surface area contributed by atoms with Gasteiger partial charge in [-0.05, 0) is 47.5 Å². The zero-order valence-electron chi connectivity index (χ0n) is 15.9. The number of nitrogens with zero attached hydrogens (tertiary/aromatic N) is 2. The molecule has 0 aliphatic carbocycles. The molecule has 4 rings (SSSR count). The van der Waals surface area contributed by atoms with Crippen molar-refractivity contribution in [1.82, 2.24) is 9.78 Å². The normalized spacial score (nSPS) is 11.0. The highest BCUT2D eigenvalue weighted by atomic mass is 35.5. The molecule has 0 saturated carbocycles. The maximum absolute atomic E-state index is 11.1. The average Bonchev–Trinajstić information content (AvgIpc) is 3.12. The summed E-state index contributed by atoms with van der Waals surface area (Å²) in [5.41, 5.74) is 3.47. The zero-order chi connectivity index (χ0) is 21.1. The number of fused-ring (bicyclic) bond motifs is 1. The first-order chi connectivity index (χ1) is 14.5. The fraction of sp³-hybridized carbons (Fsp3) is 0.130. The van der Waals surface area contributed by atoms with E-state index in [1.54, 1.807) is 12.3 Å². The van der Waals surface area contributed by atoms with Crippen LogP contribution < -0.4 is 4.74 Å². The Morgan fingerprint density at radius 3 is 2.53 bits per heavy atom. The number of carbonyl (C=O) groups is 1. The summed E-state index contributed by atoms with van der Waals surface area (Å²) >= 11 is 12.2. The highest BCUT2D eigenvalue weighted by Crippen LogP contribution is 2.27. The summed E-state index contributed by atoms with van der Waals surface area (Å²) in [6.45, 7) is 0.838. The van der Waals surface area contributed by atoms with E-state index in [-0.39, 0.29) is 6.42 Å². The van der Waals surface area contributed by atoms with E-state index in [2.05, 4.69) is 5.10 Å². The van der Waals surface area contributed by atoms with Crippen LogP contribution in [0.5, 0.6) is 5.75 Å². The van der Waals surface area contributed by atoms with Crippen LogP contribution >= 0.6 is 23.2 Å². The van der Waals surface area contributed by atoms with Crippen LogP contribution in [0.1, 0.15) is 16.7 Å². The van der Waals surface area contributed by atoms with E-state index < -0.39 is 5.97 Å². The largest absolute Gasteiger partial charge is 0.489 e. The Kier molecular flexibility index (Phi) is 5.93. The summed E-state index contributed by atoms with van der Waals surface area (Å²) in [5, 5.41) is 15.7. The van der Waals surface area contributed by atoms with Crippen molar-refractivity contribution in [3.05, 3.63) is 93.6 Å². The van der Waals surface area contributed by atoms with Gasteiger partial charge in [0.25, 0.3) is 0 Å². The van der Waals surface area contributed by atoms with Crippen molar-refractivity contribution in [2.75, 3.05) is 0 Å². The SMILES string of the molecule is O=C(O)Cc1cccc2c1cnn2Cc1cc(Cl)ccc1OCc1ccc(Cl)cc1. The first-order valence-corrected chi connectivity index (χ1v) is 10.1. The molecule has 0 bridgehead atoms. The van der Waals surface area contributed by atoms with Gasteiger partial charge in [0.15, 0.2) is 0 Å². The summed E-state index contributed by atoms with van der Waals surface area (Å²) < 4.78 is 7.86. The topological polar surface area (TPSA) is 64.3 Å². The molecule has 30 heavy (non-hydrogen) atoms. The average molecular weight is 441 g/mol. The van der Waals surface area contributed by atoms with Crippen LogP contribution in [-0.2, 0) is 24.4 Å². The second-order valence-electron chi connectivity index (χ2n) is 6.89. The van der Waals surface area contributed by atoms with Crippen molar-refractivity contribution < 1.29 is 14.6 Å². The van der Waals surface area contributed by atoms with Gasteiger partial charge in [0.05, 0.1) is 24.7 Å². The van der Waals surface area contributed by atoms with Gasteiger partial charge in [-0.1, -0.05) is 47.5 Å². The molecule has 4 aromatic rings. The first-order valence-electron chi connectivity index (χ1n) is 9.30. The van der Waals surface area contributed by atoms with Gasteiger partial charge >= 0.3 is 5.97 Å². The number of hydrogen-bond donors (Lipinski definition) is 1. The number of aliphatic carboxylic acids is 1. The van der Waals surface area contributed by atoms with E-state index in [9.17, 15) is 4.79 Å². The van der Waals surface area contributed by atoms with E-state index in [1.807, 2.05) is 59.3 Å². The number of rotatable bonds is 7. The molecular formula is C23H18Cl2N2O3. The molecule has 0 atom stereocenters. The molecule has 0 saturated heterocycles. The third-order valence-electron chi connectivity index (χ3n) is 4.77. The molecule has 0 aliphatic rings. The Hall–Kier alpha value is -3.02. The second kappa shape index (κ2) is 8.78. The molecule has 0 unspecified atom stereocenters. The maximum Gasteiger partial charge on any atom is 0.307 e. The molecule has 152 valence electrons. The van der Waals surface area contributed by atoms with Crippen molar-refractivity contribution in [2.24, 2.45) is 0 Å². The minimum Gasteiger partial charge on any atom is -0.489 e. The number of benzene rings is 3. The zero-order valence-corrected chi connectivity index (χ0v) is 17.4. The van der Waals surface area contributed by atoms with Crippen LogP contribution in [0.15, 0.2) is 66.9 Å². The first kappa shape index (κ1) is 20.3. The molecule has 5 nitrogen and oxygen atoms in total. The molecule has 1 aromatic heterocycles. The van der Waals surface area contributed by atoms with Crippen LogP contribution in [0.4, 0.5) is 0 Å². The van der Waals surface area contributed by atoms with E-state index in [0.717, 1.165) is 27.6 Å². The molecule has 1 N–H and O–H groups in total.